The number of ether oxygens (including phenoxy) is 2. The van der Waals surface area contributed by atoms with Crippen LogP contribution in [0, 0.1) is 41.4 Å². The number of aliphatic hydroxyl groups excluding tert-OH is 1. The number of aromatic amines is 1. The number of likely N-dealkylation sites (N-methyl/N-ethyl adjacent to an activating group) is 7. The van der Waals surface area contributed by atoms with Gasteiger partial charge in [-0.1, -0.05) is 96.9 Å². The third kappa shape index (κ3) is 21.9. The van der Waals surface area contributed by atoms with Crippen molar-refractivity contribution in [2.75, 3.05) is 70.1 Å². The van der Waals surface area contributed by atoms with Crippen molar-refractivity contribution < 1.29 is 76.9 Å². The zero-order valence-electron chi connectivity index (χ0n) is 63.1. The highest BCUT2D eigenvalue weighted by Crippen LogP contribution is 2.28. The fourth-order valence-electron chi connectivity index (χ4n) is 12.4. The first-order valence-corrected chi connectivity index (χ1v) is 34.3. The van der Waals surface area contributed by atoms with Gasteiger partial charge in [-0.3, -0.25) is 52.7 Å². The minimum absolute atomic E-state index is 0.0728. The van der Waals surface area contributed by atoms with Crippen LogP contribution in [0.1, 0.15) is 169 Å². The quantitative estimate of drug-likeness (QED) is 0.124. The molecule has 1 aromatic heterocycles. The summed E-state index contributed by atoms with van der Waals surface area (Å²) in [6, 6.07) is -10.5. The van der Waals surface area contributed by atoms with Crippen LogP contribution in [0.3, 0.4) is 0 Å². The fraction of sp³-hybridized carbons (Fsp3) is 0.714. The number of nitrogens with zero attached hydrogens (tertiary/aromatic N) is 8. The smallest absolute Gasteiger partial charge is 0.338 e. The molecule has 1 saturated heterocycles. The number of fused-ring (bicyclic) bond motifs is 1. The van der Waals surface area contributed by atoms with E-state index in [1.54, 1.807) is 41.5 Å². The van der Waals surface area contributed by atoms with E-state index in [0.717, 1.165) is 24.0 Å². The van der Waals surface area contributed by atoms with E-state index in [0.29, 0.717) is 5.52 Å². The largest absolute Gasteiger partial charge is 0.465 e. The Bertz CT molecular complexity index is 3170. The van der Waals surface area contributed by atoms with Crippen molar-refractivity contribution in [1.82, 2.24) is 65.5 Å². The second kappa shape index (κ2) is 37.3. The van der Waals surface area contributed by atoms with Crippen molar-refractivity contribution in [3.05, 3.63) is 29.1 Å². The number of carbonyl (C=O) groups excluding carboxylic acids is 13. The second-order valence-corrected chi connectivity index (χ2v) is 29.1. The molecule has 0 aliphatic carbocycles. The molecule has 556 valence electrons. The van der Waals surface area contributed by atoms with Crippen molar-refractivity contribution in [2.45, 2.75) is 216 Å². The average Bonchev–Trinajstić information content (AvgIpc) is 1.44. The van der Waals surface area contributed by atoms with Crippen molar-refractivity contribution >= 4 is 88.0 Å². The molecule has 1 aliphatic rings. The van der Waals surface area contributed by atoms with E-state index in [2.05, 4.69) is 31.2 Å². The Hall–Kier alpha value is -8.24. The average molecular weight is 1390 g/mol. The molecule has 3 rings (SSSR count). The Kier molecular flexibility index (Phi) is 32.0. The summed E-state index contributed by atoms with van der Waals surface area (Å²) in [6.07, 6.45) is -1.54. The van der Waals surface area contributed by atoms with E-state index in [-0.39, 0.29) is 84.7 Å². The number of amides is 11. The van der Waals surface area contributed by atoms with Gasteiger partial charge in [0.25, 0.3) is 0 Å². The van der Waals surface area contributed by atoms with Gasteiger partial charge in [0.15, 0.2) is 0 Å². The maximum absolute atomic E-state index is 15.5. The number of hydrogen-bond donors (Lipinski definition) is 6. The van der Waals surface area contributed by atoms with Gasteiger partial charge in [0.1, 0.15) is 66.2 Å². The Labute approximate surface area is 584 Å². The summed E-state index contributed by atoms with van der Waals surface area (Å²) in [5.41, 5.74) is 0.276. The van der Waals surface area contributed by atoms with Crippen molar-refractivity contribution in [2.24, 2.45) is 41.4 Å². The Morgan fingerprint density at radius 1 is 0.505 bits per heavy atom. The number of benzene rings is 1. The molecule has 12 atom stereocenters. The summed E-state index contributed by atoms with van der Waals surface area (Å²) in [6.45, 7) is 26.9. The van der Waals surface area contributed by atoms with E-state index in [4.69, 9.17) is 9.47 Å². The van der Waals surface area contributed by atoms with Gasteiger partial charge in [-0.15, -0.1) is 0 Å². The van der Waals surface area contributed by atoms with E-state index < -0.39 is 168 Å². The van der Waals surface area contributed by atoms with E-state index in [9.17, 15) is 48.3 Å². The van der Waals surface area contributed by atoms with Crippen LogP contribution >= 0.6 is 0 Å². The fourth-order valence-corrected chi connectivity index (χ4v) is 12.4. The van der Waals surface area contributed by atoms with Crippen LogP contribution in [0.2, 0.25) is 0 Å². The maximum Gasteiger partial charge on any atom is 0.338 e. The highest BCUT2D eigenvalue weighted by molar-refractivity contribution is 6.07. The molecule has 99 heavy (non-hydrogen) atoms. The molecular formula is C70H115N13O16. The number of esters is 2. The van der Waals surface area contributed by atoms with Gasteiger partial charge < -0.3 is 75.1 Å². The van der Waals surface area contributed by atoms with Crippen LogP contribution in [0.5, 0.6) is 0 Å². The Morgan fingerprint density at radius 3 is 1.41 bits per heavy atom. The van der Waals surface area contributed by atoms with Crippen molar-refractivity contribution in [3.8, 4) is 0 Å². The molecule has 12 unspecified atom stereocenters. The topological polar surface area (TPSA) is 360 Å². The first kappa shape index (κ1) is 85.0. The number of imidazole rings is 1. The molecule has 0 bridgehead atoms. The lowest BCUT2D eigenvalue weighted by Gasteiger charge is -2.41. The number of rotatable bonds is 17. The number of aromatic nitrogens is 2. The number of nitrogens with one attached hydrogen (secondary N) is 5. The predicted octanol–water partition coefficient (Wildman–Crippen LogP) is 3.00. The first-order chi connectivity index (χ1) is 45.9. The van der Waals surface area contributed by atoms with E-state index >= 15 is 19.2 Å². The predicted molar refractivity (Wildman–Crippen MR) is 371 cm³/mol. The number of hydrogen-bond acceptors (Lipinski definition) is 17. The van der Waals surface area contributed by atoms with Crippen LogP contribution in [0.25, 0.3) is 11.0 Å². The minimum Gasteiger partial charge on any atom is -0.465 e. The molecule has 2 heterocycles. The molecule has 6 N–H and O–H groups in total. The van der Waals surface area contributed by atoms with Crippen LogP contribution in [0.15, 0.2) is 12.1 Å². The van der Waals surface area contributed by atoms with E-state index in [1.807, 2.05) is 55.4 Å². The van der Waals surface area contributed by atoms with Gasteiger partial charge in [-0.05, 0) is 99.5 Å². The molecule has 1 aliphatic heterocycles. The second-order valence-electron chi connectivity index (χ2n) is 29.1. The van der Waals surface area contributed by atoms with Crippen LogP contribution < -0.4 is 21.3 Å². The van der Waals surface area contributed by atoms with Crippen LogP contribution in [-0.4, -0.2) is 263 Å². The number of H-pyrrole nitrogens is 1. The maximum atomic E-state index is 15.5. The molecule has 2 aromatic rings. The number of aliphatic hydroxyl groups is 1. The van der Waals surface area contributed by atoms with Crippen molar-refractivity contribution in [3.63, 3.8) is 0 Å². The zero-order valence-corrected chi connectivity index (χ0v) is 63.1. The lowest BCUT2D eigenvalue weighted by atomic mass is 9.91. The molecule has 1 fully saturated rings. The van der Waals surface area contributed by atoms with Gasteiger partial charge in [0, 0.05) is 55.8 Å². The standard InChI is InChI=1S/C70H115N13O16/c1-26-46-64(91)77(17)34-54(84)78(18)49(27-35(2)3)61(88)76-55(39(10)11)67(94)79(19)50(28-36(4)5)60(87)71-42(15)59(86)72-43(16)63(90)80(20)51(29-37(6)7)65(92)81(21)52(30-38(8)9)66(93)82(22)56(40(12)13)68(95)83(23)57(62(89)75-46)58(85)41(14)31-53-73-47-32-44(69(96)98-24)45(70(97)99-25)33-48(47)74-53/h32-33,35-43,46,49-52,55-58,85H,26-31,34H2,1-25H3,(H,71,87)(H,72,86)(H,73,74)(H,75,89)(H,76,88). The highest BCUT2D eigenvalue weighted by Gasteiger charge is 2.46. The molecule has 29 heteroatoms. The normalized spacial score (nSPS) is 24.6. The molecule has 29 nitrogen and oxygen atoms in total. The van der Waals surface area contributed by atoms with Gasteiger partial charge in [0.05, 0.1) is 49.0 Å². The molecule has 0 spiro atoms. The number of methoxy groups -OCH3 is 2. The minimum atomic E-state index is -1.83. The molecule has 1 aromatic carbocycles. The molecule has 11 amide bonds. The van der Waals surface area contributed by atoms with E-state index in [1.165, 1.54) is 99.8 Å². The Balaban J connectivity index is 2.37. The summed E-state index contributed by atoms with van der Waals surface area (Å²) in [4.78, 5) is 204. The molecule has 0 saturated carbocycles. The number of carbonyl (C=O) groups is 13. The first-order valence-electron chi connectivity index (χ1n) is 34.3. The zero-order chi connectivity index (χ0) is 75.8. The van der Waals surface area contributed by atoms with Crippen LogP contribution in [-0.2, 0) is 68.6 Å². The summed E-state index contributed by atoms with van der Waals surface area (Å²) in [5.74, 6) is -12.5. The monoisotopic (exact) mass is 1390 g/mol. The Morgan fingerprint density at radius 2 is 0.939 bits per heavy atom. The third-order valence-corrected chi connectivity index (χ3v) is 18.3. The van der Waals surface area contributed by atoms with Gasteiger partial charge in [0.2, 0.25) is 65.0 Å². The summed E-state index contributed by atoms with van der Waals surface area (Å²) in [5, 5.41) is 23.6. The van der Waals surface area contributed by atoms with Gasteiger partial charge in [-0.25, -0.2) is 14.6 Å². The summed E-state index contributed by atoms with van der Waals surface area (Å²) >= 11 is 0. The van der Waals surface area contributed by atoms with Gasteiger partial charge >= 0.3 is 11.9 Å². The summed E-state index contributed by atoms with van der Waals surface area (Å²) in [7, 11) is 11.9. The third-order valence-electron chi connectivity index (χ3n) is 18.3. The lowest BCUT2D eigenvalue weighted by Crippen LogP contribution is -2.63. The lowest BCUT2D eigenvalue weighted by molar-refractivity contribution is -0.157. The SMILES string of the molecule is CCC1NC(=O)C(C(O)C(C)Cc2nc3cc(C(=O)OC)c(C(=O)OC)cc3[nH]2)N(C)C(=O)C(C(C)C)N(C)C(=O)C(CC(C)C)N(C)C(=O)C(CC(C)C)N(C)C(=O)C(C)NC(=O)C(C)NC(=O)C(CC(C)C)N(C)C(=O)C(C(C)C)NC(=O)C(CC(C)C)N(C)C(=O)CN(C)C1=O. The van der Waals surface area contributed by atoms with Crippen molar-refractivity contribution in [1.29, 1.82) is 0 Å². The molecular weight excluding hydrogens is 1280 g/mol. The summed E-state index contributed by atoms with van der Waals surface area (Å²) < 4.78 is 9.84. The molecule has 0 radical (unpaired) electrons. The van der Waals surface area contributed by atoms with Gasteiger partial charge in [-0.2, -0.15) is 0 Å². The van der Waals surface area contributed by atoms with Crippen LogP contribution in [0.4, 0.5) is 0 Å². The highest BCUT2D eigenvalue weighted by atomic mass is 16.5.